The number of alkyl halides is 1. The second-order valence-corrected chi connectivity index (χ2v) is 6.26. The van der Waals surface area contributed by atoms with Crippen LogP contribution in [-0.2, 0) is 9.53 Å². The van der Waals surface area contributed by atoms with E-state index in [0.29, 0.717) is 5.56 Å². The van der Waals surface area contributed by atoms with E-state index in [4.69, 9.17) is 0 Å². The molecule has 4 nitrogen and oxygen atoms in total. The number of nitrogens with one attached hydrogen (secondary N) is 1. The number of halogens is 1. The van der Waals surface area contributed by atoms with Gasteiger partial charge in [0.2, 0.25) is 0 Å². The number of amides is 1. The number of thiophene rings is 1. The van der Waals surface area contributed by atoms with Crippen molar-refractivity contribution < 1.29 is 14.3 Å². The third-order valence-corrected chi connectivity index (χ3v) is 4.54. The first-order chi connectivity index (χ1) is 9.13. The minimum Gasteiger partial charge on any atom is -0.468 e. The second-order valence-electron chi connectivity index (χ2n) is 3.85. The summed E-state index contributed by atoms with van der Waals surface area (Å²) in [6, 6.07) is 7.75. The largest absolute Gasteiger partial charge is 0.468 e. The van der Waals surface area contributed by atoms with Crippen molar-refractivity contribution in [2.45, 2.75) is 3.92 Å². The van der Waals surface area contributed by atoms with Gasteiger partial charge in [0, 0.05) is 22.0 Å². The van der Waals surface area contributed by atoms with Gasteiger partial charge in [-0.15, -0.1) is 11.3 Å². The average molecular weight is 389 g/mol. The Labute approximate surface area is 128 Å². The third-order valence-electron chi connectivity index (χ3n) is 2.62. The third kappa shape index (κ3) is 3.24. The van der Waals surface area contributed by atoms with Crippen molar-refractivity contribution in [2.75, 3.05) is 13.7 Å². The minimum absolute atomic E-state index is 0.164. The Morgan fingerprint density at radius 2 is 2.16 bits per heavy atom. The Kier molecular flexibility index (Phi) is 4.76. The summed E-state index contributed by atoms with van der Waals surface area (Å²) < 4.78 is 5.31. The first-order valence-corrected chi connectivity index (χ1v) is 7.72. The molecule has 2 rings (SSSR count). The van der Waals surface area contributed by atoms with Crippen LogP contribution in [0, 0.1) is 0 Å². The molecule has 1 N–H and O–H groups in total. The van der Waals surface area contributed by atoms with Gasteiger partial charge in [-0.05, 0) is 6.07 Å². The quantitative estimate of drug-likeness (QED) is 0.497. The predicted molar refractivity (Wildman–Crippen MR) is 84.0 cm³/mol. The topological polar surface area (TPSA) is 55.4 Å². The number of hydrogen-bond donors (Lipinski definition) is 1. The van der Waals surface area contributed by atoms with E-state index >= 15 is 0 Å². The number of hydrogen-bond acceptors (Lipinski definition) is 4. The molecule has 0 aliphatic carbocycles. The number of benzene rings is 1. The van der Waals surface area contributed by atoms with Crippen LogP contribution in [0.25, 0.3) is 10.1 Å². The van der Waals surface area contributed by atoms with Crippen LogP contribution in [0.3, 0.4) is 0 Å². The van der Waals surface area contributed by atoms with Gasteiger partial charge in [-0.25, -0.2) is 0 Å². The number of methoxy groups -OCH3 is 1. The molecule has 0 radical (unpaired) electrons. The maximum atomic E-state index is 12.1. The van der Waals surface area contributed by atoms with Crippen LogP contribution in [-0.4, -0.2) is 29.5 Å². The van der Waals surface area contributed by atoms with Gasteiger partial charge in [0.15, 0.2) is 0 Å². The lowest BCUT2D eigenvalue weighted by molar-refractivity contribution is -0.139. The molecule has 0 aliphatic heterocycles. The normalized spacial score (nSPS) is 12.1. The molecular formula is C13H12INO3S. The molecule has 1 aromatic carbocycles. The highest BCUT2D eigenvalue weighted by molar-refractivity contribution is 14.1. The van der Waals surface area contributed by atoms with Crippen LogP contribution < -0.4 is 5.32 Å². The van der Waals surface area contributed by atoms with Crippen LogP contribution in [0.1, 0.15) is 10.4 Å². The van der Waals surface area contributed by atoms with Crippen LogP contribution in [0.4, 0.5) is 0 Å². The van der Waals surface area contributed by atoms with Gasteiger partial charge in [-0.1, -0.05) is 40.8 Å². The van der Waals surface area contributed by atoms with Gasteiger partial charge in [0.1, 0.15) is 3.92 Å². The molecule has 0 bridgehead atoms. The van der Waals surface area contributed by atoms with Crippen LogP contribution >= 0.6 is 33.9 Å². The molecule has 1 amide bonds. The fourth-order valence-corrected chi connectivity index (χ4v) is 3.06. The molecule has 6 heteroatoms. The van der Waals surface area contributed by atoms with Crippen molar-refractivity contribution in [3.8, 4) is 0 Å². The fourth-order valence-electron chi connectivity index (χ4n) is 1.64. The van der Waals surface area contributed by atoms with Crippen LogP contribution in [0.2, 0.25) is 0 Å². The summed E-state index contributed by atoms with van der Waals surface area (Å²) in [6.45, 7) is 0.260. The molecule has 100 valence electrons. The van der Waals surface area contributed by atoms with Crippen molar-refractivity contribution in [3.05, 3.63) is 35.2 Å². The summed E-state index contributed by atoms with van der Waals surface area (Å²) in [6.07, 6.45) is 0. The van der Waals surface area contributed by atoms with Crippen LogP contribution in [0.5, 0.6) is 0 Å². The monoisotopic (exact) mass is 389 g/mol. The zero-order chi connectivity index (χ0) is 13.8. The minimum atomic E-state index is -0.378. The van der Waals surface area contributed by atoms with Gasteiger partial charge >= 0.3 is 5.97 Å². The van der Waals surface area contributed by atoms with E-state index in [2.05, 4.69) is 10.1 Å². The number of fused-ring (bicyclic) bond motifs is 1. The summed E-state index contributed by atoms with van der Waals surface area (Å²) in [5.74, 6) is -0.501. The smallest absolute Gasteiger partial charge is 0.320 e. The highest BCUT2D eigenvalue weighted by atomic mass is 127. The highest BCUT2D eigenvalue weighted by Crippen LogP contribution is 2.25. The van der Waals surface area contributed by atoms with Gasteiger partial charge in [-0.3, -0.25) is 9.59 Å². The molecule has 1 unspecified atom stereocenters. The Morgan fingerprint density at radius 3 is 2.89 bits per heavy atom. The van der Waals surface area contributed by atoms with Crippen LogP contribution in [0.15, 0.2) is 29.6 Å². The SMILES string of the molecule is COC(=O)C(I)CNC(=O)c1csc2ccccc12. The number of rotatable bonds is 4. The number of ether oxygens (including phenoxy) is 1. The van der Waals surface area contributed by atoms with Crippen molar-refractivity contribution in [2.24, 2.45) is 0 Å². The number of carbonyl (C=O) groups excluding carboxylic acids is 2. The van der Waals surface area contributed by atoms with E-state index in [0.717, 1.165) is 10.1 Å². The van der Waals surface area contributed by atoms with E-state index in [9.17, 15) is 9.59 Å². The number of esters is 1. The second kappa shape index (κ2) is 6.33. The van der Waals surface area contributed by atoms with Crippen molar-refractivity contribution in [1.29, 1.82) is 0 Å². The lowest BCUT2D eigenvalue weighted by Crippen LogP contribution is -2.33. The Bertz CT molecular complexity index is 611. The van der Waals surface area contributed by atoms with Crippen molar-refractivity contribution in [3.63, 3.8) is 0 Å². The highest BCUT2D eigenvalue weighted by Gasteiger charge is 2.17. The molecule has 2 aromatic rings. The van der Waals surface area contributed by atoms with E-state index in [1.165, 1.54) is 18.4 Å². The van der Waals surface area contributed by atoms with E-state index in [-0.39, 0.29) is 22.3 Å². The molecule has 0 spiro atoms. The Balaban J connectivity index is 2.06. The number of carbonyl (C=O) groups is 2. The first kappa shape index (κ1) is 14.3. The fraction of sp³-hybridized carbons (Fsp3) is 0.231. The first-order valence-electron chi connectivity index (χ1n) is 5.60. The van der Waals surface area contributed by atoms with Gasteiger partial charge in [-0.2, -0.15) is 0 Å². The molecular weight excluding hydrogens is 377 g/mol. The summed E-state index contributed by atoms with van der Waals surface area (Å²) in [5, 5.41) is 5.52. The maximum Gasteiger partial charge on any atom is 0.320 e. The average Bonchev–Trinajstić information content (AvgIpc) is 2.87. The summed E-state index contributed by atoms with van der Waals surface area (Å²) >= 11 is 3.48. The standard InChI is InChI=1S/C13H12INO3S/c1-18-13(17)10(14)6-15-12(16)9-7-19-11-5-3-2-4-8(9)11/h2-5,7,10H,6H2,1H3,(H,15,16). The molecule has 1 aromatic heterocycles. The Morgan fingerprint density at radius 1 is 1.42 bits per heavy atom. The lowest BCUT2D eigenvalue weighted by Gasteiger charge is -2.08. The Hall–Kier alpha value is -1.15. The summed E-state index contributed by atoms with van der Waals surface area (Å²) in [5.41, 5.74) is 0.647. The molecule has 19 heavy (non-hydrogen) atoms. The predicted octanol–water partition coefficient (Wildman–Crippen LogP) is 2.61. The molecule has 0 saturated heterocycles. The molecule has 1 heterocycles. The molecule has 1 atom stereocenters. The zero-order valence-corrected chi connectivity index (χ0v) is 13.2. The molecule has 0 aliphatic rings. The van der Waals surface area contributed by atoms with E-state index < -0.39 is 0 Å². The van der Waals surface area contributed by atoms with Gasteiger partial charge in [0.25, 0.3) is 5.91 Å². The van der Waals surface area contributed by atoms with E-state index in [1.54, 1.807) is 0 Å². The van der Waals surface area contributed by atoms with Gasteiger partial charge in [0.05, 0.1) is 12.7 Å². The zero-order valence-electron chi connectivity index (χ0n) is 10.2. The summed E-state index contributed by atoms with van der Waals surface area (Å²) in [7, 11) is 1.34. The van der Waals surface area contributed by atoms with Crippen molar-refractivity contribution in [1.82, 2.24) is 5.32 Å². The van der Waals surface area contributed by atoms with E-state index in [1.807, 2.05) is 52.2 Å². The van der Waals surface area contributed by atoms with Crippen molar-refractivity contribution >= 4 is 55.9 Å². The molecule has 0 saturated carbocycles. The lowest BCUT2D eigenvalue weighted by atomic mass is 10.1. The maximum absolute atomic E-state index is 12.1. The molecule has 0 fully saturated rings. The van der Waals surface area contributed by atoms with Gasteiger partial charge < -0.3 is 10.1 Å². The summed E-state index contributed by atoms with van der Waals surface area (Å²) in [4.78, 5) is 23.3.